The lowest BCUT2D eigenvalue weighted by Gasteiger charge is -2.35. The van der Waals surface area contributed by atoms with Gasteiger partial charge in [-0.15, -0.1) is 22.7 Å². The number of piperazine rings is 4. The van der Waals surface area contributed by atoms with E-state index in [1.54, 1.807) is 81.4 Å². The van der Waals surface area contributed by atoms with Crippen molar-refractivity contribution < 1.29 is 55.1 Å². The number of para-hydroxylation sites is 5. The maximum atomic E-state index is 13.9. The van der Waals surface area contributed by atoms with Crippen LogP contribution in [0.5, 0.6) is 11.5 Å². The van der Waals surface area contributed by atoms with Gasteiger partial charge in [-0.2, -0.15) is 0 Å². The second-order valence-corrected chi connectivity index (χ2v) is 31.7. The number of carbonyl (C=O) groups is 3. The number of nitrogens with zero attached hydrogens (tertiary/aromatic N) is 10. The SMILES string of the molecule is Cn1c(-c2cc3ccc(N4CCN(C(=O)OCc5ccccc5)CC4)cc3oc2=O)nc2ccccc21.O=C(Oc1ccc2cc(-c3nc4c(Cl)cccc4s3)c(=O)oc2c1)N1CCNCC1.O=C(Oc1ccc2cc(-c3nc4ccccc4s3)c(=O)oc2c1)N1CCNCC1.O=c1oc2cc(N3CCNCC3)ccc2cc1-c1nc2c(F)cccc2o1. The van der Waals surface area contributed by atoms with E-state index in [1.165, 1.54) is 34.8 Å². The number of fused-ring (bicyclic) bond motifs is 8. The zero-order valence-electron chi connectivity index (χ0n) is 65.9. The summed E-state index contributed by atoms with van der Waals surface area (Å²) in [6.07, 6.45) is -1.12. The van der Waals surface area contributed by atoms with Gasteiger partial charge < -0.3 is 81.3 Å². The average Bonchev–Trinajstić information content (AvgIpc) is 1.69. The van der Waals surface area contributed by atoms with Crippen LogP contribution in [-0.4, -0.2) is 162 Å². The topological polar surface area (TPSA) is 322 Å². The molecule has 21 rings (SSSR count). The van der Waals surface area contributed by atoms with Crippen molar-refractivity contribution in [2.45, 2.75) is 6.61 Å². The number of nitrogens with one attached hydrogen (secondary N) is 3. The molecular formula is C91H75ClFN13O15S2. The lowest BCUT2D eigenvalue weighted by Crippen LogP contribution is -2.48. The number of imidazole rings is 1. The van der Waals surface area contributed by atoms with Crippen LogP contribution in [0.3, 0.4) is 0 Å². The Morgan fingerprint density at radius 2 is 0.902 bits per heavy atom. The largest absolute Gasteiger partial charge is 0.445 e. The molecule has 0 unspecified atom stereocenters. The summed E-state index contributed by atoms with van der Waals surface area (Å²) in [6, 6.07) is 63.8. The molecule has 0 bridgehead atoms. The third kappa shape index (κ3) is 17.6. The molecule has 3 N–H and O–H groups in total. The van der Waals surface area contributed by atoms with E-state index in [0.29, 0.717) is 140 Å². The van der Waals surface area contributed by atoms with Crippen LogP contribution >= 0.6 is 34.3 Å². The molecule has 17 aromatic rings. The molecule has 12 heterocycles. The minimum atomic E-state index is -0.563. The number of halogens is 2. The Kier molecular flexibility index (Phi) is 23.1. The lowest BCUT2D eigenvalue weighted by molar-refractivity contribution is 0.0941. The predicted octanol–water partition coefficient (Wildman–Crippen LogP) is 15.6. The van der Waals surface area contributed by atoms with Gasteiger partial charge in [0.05, 0.1) is 42.1 Å². The number of oxazole rings is 1. The van der Waals surface area contributed by atoms with Gasteiger partial charge in [0.15, 0.2) is 11.4 Å². The number of aromatic nitrogens is 5. The Balaban J connectivity index is 0.000000113. The highest BCUT2D eigenvalue weighted by Crippen LogP contribution is 2.37. The van der Waals surface area contributed by atoms with Crippen LogP contribution in [0.1, 0.15) is 5.56 Å². The summed E-state index contributed by atoms with van der Waals surface area (Å²) < 4.78 is 61.8. The fourth-order valence-corrected chi connectivity index (χ4v) is 17.1. The minimum Gasteiger partial charge on any atom is -0.445 e. The number of benzene rings is 9. The number of hydrogen-bond donors (Lipinski definition) is 3. The molecule has 4 saturated heterocycles. The van der Waals surface area contributed by atoms with E-state index in [2.05, 4.69) is 45.7 Å². The highest BCUT2D eigenvalue weighted by atomic mass is 35.5. The molecule has 0 spiro atoms. The minimum absolute atomic E-state index is 0.0527. The maximum absolute atomic E-state index is 13.9. The number of aryl methyl sites for hydroxylation is 1. The van der Waals surface area contributed by atoms with Gasteiger partial charge in [-0.1, -0.05) is 78.3 Å². The molecule has 8 aromatic heterocycles. The second kappa shape index (κ2) is 35.4. The van der Waals surface area contributed by atoms with E-state index in [4.69, 9.17) is 47.9 Å². The molecule has 9 aromatic carbocycles. The molecule has 0 atom stereocenters. The van der Waals surface area contributed by atoms with Crippen LogP contribution < -0.4 is 57.7 Å². The molecule has 3 amide bonds. The number of hydrogen-bond acceptors (Lipinski definition) is 26. The summed E-state index contributed by atoms with van der Waals surface area (Å²) in [7, 11) is 1.90. The van der Waals surface area contributed by atoms with Crippen LogP contribution in [0.4, 0.5) is 30.1 Å². The number of anilines is 2. The van der Waals surface area contributed by atoms with E-state index >= 15 is 0 Å². The van der Waals surface area contributed by atoms with Crippen LogP contribution in [0.25, 0.3) is 130 Å². The summed E-state index contributed by atoms with van der Waals surface area (Å²) >= 11 is 9.03. The standard InChI is InChI=1S/C29H26N4O4.C21H16ClN3O4S.C21H17N3O4S.C20H16FN3O3/c1-31-25-10-6-5-9-24(25)30-27(31)23-17-21-11-12-22(18-26(21)37-28(23)34)32-13-15-33(16-14-32)29(35)36-19-20-7-3-2-4-8-20;22-15-2-1-3-17-18(15)24-19(30-17)14-10-12-4-5-13(11-16(12)29-20(14)26)28-21(27)25-8-6-23-7-9-25;25-20-15(19-23-16-3-1-2-4-18(16)29-19)11-13-5-6-14(12-17(13)28-20)27-21(26)24-9-7-22-8-10-24;21-15-2-1-3-16-18(15)23-19(26-16)14-10-12-4-5-13(11-17(12)27-20(14)25)24-8-6-22-7-9-24/h2-12,17-18H,13-16,19H2,1H3;1-5,10-11,23H,6-9H2;1-6,11-12,22H,7-10H2;1-5,10-11,22H,6-9H2. The normalized spacial score (nSPS) is 14.3. The highest BCUT2D eigenvalue weighted by Gasteiger charge is 2.27. The van der Waals surface area contributed by atoms with E-state index in [0.717, 1.165) is 111 Å². The van der Waals surface area contributed by atoms with Gasteiger partial charge in [0.2, 0.25) is 5.89 Å². The summed E-state index contributed by atoms with van der Waals surface area (Å²) in [4.78, 5) is 115. The van der Waals surface area contributed by atoms with Gasteiger partial charge in [-0.05, 0) is 127 Å². The first kappa shape index (κ1) is 80.1. The smallest absolute Gasteiger partial charge is 0.415 e. The first-order valence-corrected chi connectivity index (χ1v) is 41.7. The molecule has 4 aliphatic heterocycles. The Bertz CT molecular complexity index is 7120. The number of carbonyl (C=O) groups excluding carboxylic acids is 3. The molecule has 123 heavy (non-hydrogen) atoms. The fraction of sp³-hybridized carbons (Fsp3) is 0.198. The van der Waals surface area contributed by atoms with Gasteiger partial charge >= 0.3 is 40.8 Å². The fourth-order valence-electron chi connectivity index (χ4n) is 14.8. The predicted molar refractivity (Wildman–Crippen MR) is 471 cm³/mol. The average molecular weight is 1710 g/mol. The van der Waals surface area contributed by atoms with E-state index in [1.807, 2.05) is 145 Å². The molecule has 4 fully saturated rings. The van der Waals surface area contributed by atoms with E-state index in [9.17, 15) is 38.0 Å². The second-order valence-electron chi connectivity index (χ2n) is 29.3. The Morgan fingerprint density at radius 3 is 1.49 bits per heavy atom. The molecular weight excluding hydrogens is 1630 g/mol. The first-order chi connectivity index (χ1) is 60.0. The Labute approximate surface area is 710 Å². The first-order valence-electron chi connectivity index (χ1n) is 39.7. The van der Waals surface area contributed by atoms with Crippen molar-refractivity contribution in [3.8, 4) is 55.5 Å². The van der Waals surface area contributed by atoms with Gasteiger partial charge in [-0.25, -0.2) is 57.9 Å². The van der Waals surface area contributed by atoms with Crippen molar-refractivity contribution in [2.24, 2.45) is 7.05 Å². The number of thiazole rings is 2. The van der Waals surface area contributed by atoms with Crippen molar-refractivity contribution in [1.29, 1.82) is 0 Å². The molecule has 0 saturated carbocycles. The molecule has 620 valence electrons. The van der Waals surface area contributed by atoms with Crippen LogP contribution in [0, 0.1) is 5.82 Å². The lowest BCUT2D eigenvalue weighted by atomic mass is 10.1. The van der Waals surface area contributed by atoms with Crippen LogP contribution in [-0.2, 0) is 18.4 Å². The van der Waals surface area contributed by atoms with Gasteiger partial charge in [0.1, 0.15) is 78.4 Å². The third-order valence-corrected chi connectivity index (χ3v) is 23.8. The van der Waals surface area contributed by atoms with Crippen LogP contribution in [0.15, 0.2) is 254 Å². The maximum Gasteiger partial charge on any atom is 0.415 e. The van der Waals surface area contributed by atoms with Crippen molar-refractivity contribution in [2.75, 3.05) is 115 Å². The van der Waals surface area contributed by atoms with Gasteiger partial charge in [0, 0.05) is 169 Å². The Morgan fingerprint density at radius 1 is 0.423 bits per heavy atom. The Hall–Kier alpha value is -14.0. The highest BCUT2D eigenvalue weighted by molar-refractivity contribution is 7.22. The van der Waals surface area contributed by atoms with Crippen molar-refractivity contribution in [1.82, 2.24) is 55.2 Å². The van der Waals surface area contributed by atoms with Crippen molar-refractivity contribution in [3.63, 3.8) is 0 Å². The number of rotatable bonds is 10. The zero-order valence-corrected chi connectivity index (χ0v) is 68.3. The van der Waals surface area contributed by atoms with Gasteiger partial charge in [-0.3, -0.25) is 0 Å². The summed E-state index contributed by atoms with van der Waals surface area (Å²) in [5.41, 5.74) is 7.77. The summed E-state index contributed by atoms with van der Waals surface area (Å²) in [6.45, 7) is 11.7. The zero-order chi connectivity index (χ0) is 84.2. The van der Waals surface area contributed by atoms with Gasteiger partial charge in [0.25, 0.3) is 0 Å². The van der Waals surface area contributed by atoms with E-state index in [-0.39, 0.29) is 29.7 Å². The van der Waals surface area contributed by atoms with Crippen LogP contribution in [0.2, 0.25) is 5.02 Å². The van der Waals surface area contributed by atoms with Crippen molar-refractivity contribution in [3.05, 3.63) is 270 Å². The summed E-state index contributed by atoms with van der Waals surface area (Å²) in [5.74, 6) is 0.812. The molecule has 4 aliphatic rings. The number of amides is 3. The van der Waals surface area contributed by atoms with E-state index < -0.39 is 40.5 Å². The van der Waals surface area contributed by atoms with Crippen molar-refractivity contribution >= 4 is 150 Å². The molecule has 32 heteroatoms. The molecule has 0 radical (unpaired) electrons. The monoisotopic (exact) mass is 1710 g/mol. The molecule has 0 aliphatic carbocycles. The number of ether oxygens (including phenoxy) is 3. The molecule has 28 nitrogen and oxygen atoms in total. The quantitative estimate of drug-likeness (QED) is 0.107. The third-order valence-electron chi connectivity index (χ3n) is 21.4. The summed E-state index contributed by atoms with van der Waals surface area (Å²) in [5, 5.41) is 14.4.